The summed E-state index contributed by atoms with van der Waals surface area (Å²) in [4.78, 5) is 12.0. The number of nitrogens with one attached hydrogen (secondary N) is 1. The zero-order valence-corrected chi connectivity index (χ0v) is 17.1. The van der Waals surface area contributed by atoms with Gasteiger partial charge in [0.05, 0.1) is 19.6 Å². The first-order valence-corrected chi connectivity index (χ1v) is 10.5. The van der Waals surface area contributed by atoms with Crippen molar-refractivity contribution >= 4 is 5.97 Å². The van der Waals surface area contributed by atoms with Gasteiger partial charge in [-0.3, -0.25) is 4.79 Å². The van der Waals surface area contributed by atoms with E-state index in [1.807, 2.05) is 0 Å². The van der Waals surface area contributed by atoms with E-state index >= 15 is 0 Å². The normalized spacial score (nSPS) is 11.7. The van der Waals surface area contributed by atoms with E-state index in [-0.39, 0.29) is 18.0 Å². The molecule has 150 valence electrons. The third kappa shape index (κ3) is 18.0. The van der Waals surface area contributed by atoms with Crippen LogP contribution < -0.4 is 5.32 Å². The van der Waals surface area contributed by atoms with E-state index in [1.54, 1.807) is 0 Å². The molecule has 0 aromatic heterocycles. The van der Waals surface area contributed by atoms with Crippen molar-refractivity contribution in [3.63, 3.8) is 0 Å². The van der Waals surface area contributed by atoms with Crippen LogP contribution in [0.1, 0.15) is 97.8 Å². The zero-order chi connectivity index (χ0) is 18.8. The Kier molecular flexibility index (Phi) is 16.4. The Hall–Kier alpha value is -0.610. The molecule has 2 N–H and O–H groups in total. The number of aliphatic hydroxyl groups excluding tert-OH is 1. The lowest BCUT2D eigenvalue weighted by Gasteiger charge is -2.23. The molecular weight excluding hydrogens is 314 g/mol. The lowest BCUT2D eigenvalue weighted by atomic mass is 9.84. The van der Waals surface area contributed by atoms with Crippen LogP contribution in [0.5, 0.6) is 0 Å². The molecule has 0 fully saturated rings. The van der Waals surface area contributed by atoms with E-state index in [0.29, 0.717) is 19.6 Å². The number of unbranched alkanes of at least 4 members (excludes halogenated alkanes) is 8. The summed E-state index contributed by atoms with van der Waals surface area (Å²) in [6.45, 7) is 8.97. The van der Waals surface area contributed by atoms with Gasteiger partial charge < -0.3 is 15.2 Å². The minimum atomic E-state index is -0.0411. The van der Waals surface area contributed by atoms with Crippen molar-refractivity contribution in [2.45, 2.75) is 97.8 Å². The van der Waals surface area contributed by atoms with Gasteiger partial charge in [0.1, 0.15) is 0 Å². The highest BCUT2D eigenvalue weighted by molar-refractivity contribution is 5.70. The first-order chi connectivity index (χ1) is 12.0. The second-order valence-electron chi connectivity index (χ2n) is 7.97. The smallest absolute Gasteiger partial charge is 0.306 e. The second-order valence-corrected chi connectivity index (χ2v) is 7.97. The monoisotopic (exact) mass is 357 g/mol. The number of carbonyl (C=O) groups excluding carboxylic acids is 1. The molecule has 25 heavy (non-hydrogen) atoms. The molecule has 0 bridgehead atoms. The zero-order valence-electron chi connectivity index (χ0n) is 17.1. The van der Waals surface area contributed by atoms with E-state index in [1.165, 1.54) is 38.5 Å². The maximum absolute atomic E-state index is 12.0. The summed E-state index contributed by atoms with van der Waals surface area (Å²) in [5.41, 5.74) is 0.0236. The molecule has 0 radical (unpaired) electrons. The Morgan fingerprint density at radius 1 is 0.920 bits per heavy atom. The third-order valence-electron chi connectivity index (χ3n) is 4.63. The summed E-state index contributed by atoms with van der Waals surface area (Å²) in [7, 11) is 0. The first-order valence-electron chi connectivity index (χ1n) is 10.5. The van der Waals surface area contributed by atoms with Gasteiger partial charge in [0.25, 0.3) is 0 Å². The molecule has 0 saturated carbocycles. The molecule has 0 aromatic carbocycles. The molecule has 4 heteroatoms. The van der Waals surface area contributed by atoms with Gasteiger partial charge in [0.2, 0.25) is 0 Å². The molecular formula is C21H43NO3. The van der Waals surface area contributed by atoms with Crippen LogP contribution in [-0.2, 0) is 9.53 Å². The maximum atomic E-state index is 12.0. The molecule has 0 aliphatic rings. The summed E-state index contributed by atoms with van der Waals surface area (Å²) < 4.78 is 5.40. The lowest BCUT2D eigenvalue weighted by Crippen LogP contribution is -2.20. The van der Waals surface area contributed by atoms with Gasteiger partial charge in [-0.2, -0.15) is 0 Å². The summed E-state index contributed by atoms with van der Waals surface area (Å²) >= 11 is 0. The van der Waals surface area contributed by atoms with Gasteiger partial charge in [-0.25, -0.2) is 0 Å². The summed E-state index contributed by atoms with van der Waals surface area (Å²) in [6.07, 6.45) is 13.7. The van der Waals surface area contributed by atoms with E-state index < -0.39 is 0 Å². The minimum absolute atomic E-state index is 0.0236. The Morgan fingerprint density at radius 3 is 2.24 bits per heavy atom. The lowest BCUT2D eigenvalue weighted by molar-refractivity contribution is -0.146. The largest absolute Gasteiger partial charge is 0.466 e. The highest BCUT2D eigenvalue weighted by atomic mass is 16.5. The predicted molar refractivity (Wildman–Crippen MR) is 106 cm³/mol. The minimum Gasteiger partial charge on any atom is -0.466 e. The van der Waals surface area contributed by atoms with Crippen molar-refractivity contribution in [3.05, 3.63) is 0 Å². The molecule has 0 amide bonds. The number of hydrogen-bond acceptors (Lipinski definition) is 4. The van der Waals surface area contributed by atoms with Crippen molar-refractivity contribution in [3.8, 4) is 0 Å². The molecule has 0 saturated heterocycles. The van der Waals surface area contributed by atoms with Crippen LogP contribution in [0.25, 0.3) is 0 Å². The van der Waals surface area contributed by atoms with Gasteiger partial charge in [-0.15, -0.1) is 0 Å². The molecule has 0 spiro atoms. The van der Waals surface area contributed by atoms with Gasteiger partial charge >= 0.3 is 5.97 Å². The van der Waals surface area contributed by atoms with Crippen LogP contribution in [0.15, 0.2) is 0 Å². The van der Waals surface area contributed by atoms with Crippen LogP contribution in [0.2, 0.25) is 0 Å². The second kappa shape index (κ2) is 16.8. The number of hydrogen-bond donors (Lipinski definition) is 2. The fraction of sp³-hybridized carbons (Fsp3) is 0.952. The van der Waals surface area contributed by atoms with E-state index in [0.717, 1.165) is 38.6 Å². The quantitative estimate of drug-likeness (QED) is 0.272. The summed E-state index contributed by atoms with van der Waals surface area (Å²) in [5, 5.41) is 11.9. The predicted octanol–water partition coefficient (Wildman–Crippen LogP) is 4.84. The van der Waals surface area contributed by atoms with Crippen LogP contribution >= 0.6 is 0 Å². The average Bonchev–Trinajstić information content (AvgIpc) is 2.56. The third-order valence-corrected chi connectivity index (χ3v) is 4.63. The Balaban J connectivity index is 3.54. The number of esters is 1. The SMILES string of the molecule is CCCCCCCCCOC(=O)CC(C)(C)CCCCCNCCO. The molecule has 0 aromatic rings. The Bertz CT molecular complexity index is 306. The summed E-state index contributed by atoms with van der Waals surface area (Å²) in [6, 6.07) is 0. The van der Waals surface area contributed by atoms with Crippen molar-refractivity contribution in [1.29, 1.82) is 0 Å². The maximum Gasteiger partial charge on any atom is 0.306 e. The van der Waals surface area contributed by atoms with Crippen LogP contribution in [0, 0.1) is 5.41 Å². The number of carbonyl (C=O) groups is 1. The topological polar surface area (TPSA) is 58.6 Å². The number of aliphatic hydroxyl groups is 1. The number of ether oxygens (including phenoxy) is 1. The number of rotatable bonds is 18. The van der Waals surface area contributed by atoms with E-state index in [4.69, 9.17) is 9.84 Å². The first kappa shape index (κ1) is 24.4. The Labute approximate surface area is 156 Å². The molecule has 0 aliphatic heterocycles. The molecule has 0 aliphatic carbocycles. The molecule has 0 heterocycles. The molecule has 4 nitrogen and oxygen atoms in total. The highest BCUT2D eigenvalue weighted by Gasteiger charge is 2.22. The summed E-state index contributed by atoms with van der Waals surface area (Å²) in [5.74, 6) is -0.0411. The van der Waals surface area contributed by atoms with E-state index in [2.05, 4.69) is 26.1 Å². The van der Waals surface area contributed by atoms with Crippen molar-refractivity contribution < 1.29 is 14.6 Å². The van der Waals surface area contributed by atoms with Crippen LogP contribution in [0.4, 0.5) is 0 Å². The van der Waals surface area contributed by atoms with E-state index in [9.17, 15) is 4.79 Å². The van der Waals surface area contributed by atoms with Crippen LogP contribution in [0.3, 0.4) is 0 Å². The van der Waals surface area contributed by atoms with Crippen molar-refractivity contribution in [2.24, 2.45) is 5.41 Å². The standard InChI is InChI=1S/C21H43NO3/c1-4-5-6-7-8-9-13-18-25-20(24)19-21(2,3)14-11-10-12-15-22-16-17-23/h22-23H,4-19H2,1-3H3. The fourth-order valence-corrected chi connectivity index (χ4v) is 3.01. The van der Waals surface area contributed by atoms with Crippen molar-refractivity contribution in [1.82, 2.24) is 5.32 Å². The Morgan fingerprint density at radius 2 is 1.56 bits per heavy atom. The molecule has 0 rings (SSSR count). The van der Waals surface area contributed by atoms with Crippen LogP contribution in [-0.4, -0.2) is 37.4 Å². The van der Waals surface area contributed by atoms with Gasteiger partial charge in [-0.05, 0) is 31.2 Å². The highest BCUT2D eigenvalue weighted by Crippen LogP contribution is 2.28. The average molecular weight is 358 g/mol. The van der Waals surface area contributed by atoms with Gasteiger partial charge in [-0.1, -0.05) is 72.1 Å². The fourth-order valence-electron chi connectivity index (χ4n) is 3.01. The van der Waals surface area contributed by atoms with Gasteiger partial charge in [0, 0.05) is 6.54 Å². The van der Waals surface area contributed by atoms with Crippen molar-refractivity contribution in [2.75, 3.05) is 26.3 Å². The molecule has 0 unspecified atom stereocenters. The molecule has 0 atom stereocenters. The van der Waals surface area contributed by atoms with Gasteiger partial charge in [0.15, 0.2) is 0 Å².